The van der Waals surface area contributed by atoms with E-state index in [1.165, 1.54) is 32.4 Å². The molecule has 13 heavy (non-hydrogen) atoms. The summed E-state index contributed by atoms with van der Waals surface area (Å²) in [6.45, 7) is 10.4. The van der Waals surface area contributed by atoms with Crippen LogP contribution in [0.4, 0.5) is 0 Å². The number of piperidine rings is 1. The Balaban J connectivity index is 2.25. The summed E-state index contributed by atoms with van der Waals surface area (Å²) in [5, 5.41) is 3.47. The van der Waals surface area contributed by atoms with Gasteiger partial charge in [0.2, 0.25) is 0 Å². The summed E-state index contributed by atoms with van der Waals surface area (Å²) < 4.78 is 0. The van der Waals surface area contributed by atoms with Gasteiger partial charge in [-0.25, -0.2) is 0 Å². The third kappa shape index (κ3) is 3.65. The molecule has 1 aliphatic heterocycles. The van der Waals surface area contributed by atoms with E-state index in [0.29, 0.717) is 6.04 Å². The lowest BCUT2D eigenvalue weighted by Gasteiger charge is -2.35. The molecule has 0 saturated carbocycles. The topological polar surface area (TPSA) is 15.3 Å². The lowest BCUT2D eigenvalue weighted by molar-refractivity contribution is 0.147. The largest absolute Gasteiger partial charge is 0.313 e. The number of likely N-dealkylation sites (tertiary alicyclic amines) is 1. The predicted molar refractivity (Wildman–Crippen MR) is 58.0 cm³/mol. The lowest BCUT2D eigenvalue weighted by Crippen LogP contribution is -2.45. The van der Waals surface area contributed by atoms with E-state index in [9.17, 15) is 0 Å². The molecule has 0 bridgehead atoms. The normalized spacial score (nSPS) is 27.5. The Morgan fingerprint density at radius 2 is 2.23 bits per heavy atom. The second kappa shape index (κ2) is 5.61. The Kier molecular flexibility index (Phi) is 4.74. The molecule has 0 spiro atoms. The van der Waals surface area contributed by atoms with Gasteiger partial charge in [0.15, 0.2) is 0 Å². The second-order valence-corrected chi connectivity index (χ2v) is 4.30. The Hall–Kier alpha value is -0.0800. The van der Waals surface area contributed by atoms with Crippen molar-refractivity contribution in [3.63, 3.8) is 0 Å². The number of hydrogen-bond acceptors (Lipinski definition) is 2. The second-order valence-electron chi connectivity index (χ2n) is 4.30. The maximum Gasteiger partial charge on any atom is 0.0166 e. The van der Waals surface area contributed by atoms with Gasteiger partial charge in [-0.1, -0.05) is 13.3 Å². The standard InChI is InChI=1S/C11H24N2/c1-4-12-10(2)9-13-8-6-5-7-11(13)3/h10-12H,4-9H2,1-3H3. The van der Waals surface area contributed by atoms with Crippen molar-refractivity contribution in [2.45, 2.75) is 52.1 Å². The third-order valence-corrected chi connectivity index (χ3v) is 3.00. The van der Waals surface area contributed by atoms with Crippen LogP contribution >= 0.6 is 0 Å². The maximum atomic E-state index is 3.47. The molecule has 2 nitrogen and oxygen atoms in total. The molecule has 78 valence electrons. The molecule has 1 heterocycles. The molecule has 1 N–H and O–H groups in total. The van der Waals surface area contributed by atoms with Crippen molar-refractivity contribution in [1.82, 2.24) is 10.2 Å². The number of nitrogens with one attached hydrogen (secondary N) is 1. The first-order chi connectivity index (χ1) is 6.24. The molecular weight excluding hydrogens is 160 g/mol. The smallest absolute Gasteiger partial charge is 0.0166 e. The molecule has 0 amide bonds. The van der Waals surface area contributed by atoms with E-state index in [2.05, 4.69) is 31.0 Å². The van der Waals surface area contributed by atoms with Crippen LogP contribution in [0.1, 0.15) is 40.0 Å². The molecule has 2 unspecified atom stereocenters. The molecule has 2 atom stereocenters. The first kappa shape index (κ1) is 11.0. The number of nitrogens with zero attached hydrogens (tertiary/aromatic N) is 1. The molecule has 0 aliphatic carbocycles. The van der Waals surface area contributed by atoms with Crippen molar-refractivity contribution in [3.8, 4) is 0 Å². The minimum Gasteiger partial charge on any atom is -0.313 e. The molecule has 1 aliphatic rings. The molecule has 2 heteroatoms. The zero-order valence-corrected chi connectivity index (χ0v) is 9.34. The Labute approximate surface area is 82.7 Å². The highest BCUT2D eigenvalue weighted by molar-refractivity contribution is 4.76. The molecule has 0 aromatic heterocycles. The lowest BCUT2D eigenvalue weighted by atomic mass is 10.0. The third-order valence-electron chi connectivity index (χ3n) is 3.00. The summed E-state index contributed by atoms with van der Waals surface area (Å²) in [5.74, 6) is 0. The van der Waals surface area contributed by atoms with E-state index in [1.54, 1.807) is 0 Å². The van der Waals surface area contributed by atoms with Gasteiger partial charge in [0.25, 0.3) is 0 Å². The number of rotatable bonds is 4. The van der Waals surface area contributed by atoms with Gasteiger partial charge in [-0.15, -0.1) is 0 Å². The average molecular weight is 184 g/mol. The fourth-order valence-electron chi connectivity index (χ4n) is 2.19. The van der Waals surface area contributed by atoms with Gasteiger partial charge in [0.1, 0.15) is 0 Å². The minimum absolute atomic E-state index is 0.644. The van der Waals surface area contributed by atoms with Crippen molar-refractivity contribution < 1.29 is 0 Å². The van der Waals surface area contributed by atoms with Gasteiger partial charge in [0.05, 0.1) is 0 Å². The summed E-state index contributed by atoms with van der Waals surface area (Å²) in [7, 11) is 0. The maximum absolute atomic E-state index is 3.47. The number of likely N-dealkylation sites (N-methyl/N-ethyl adjacent to an activating group) is 1. The summed E-state index contributed by atoms with van der Waals surface area (Å²) in [6, 6.07) is 1.44. The van der Waals surface area contributed by atoms with Crippen LogP contribution in [0.15, 0.2) is 0 Å². The molecule has 0 radical (unpaired) electrons. The van der Waals surface area contributed by atoms with Gasteiger partial charge < -0.3 is 5.32 Å². The summed E-state index contributed by atoms with van der Waals surface area (Å²) in [5.41, 5.74) is 0. The van der Waals surface area contributed by atoms with E-state index in [-0.39, 0.29) is 0 Å². The number of hydrogen-bond donors (Lipinski definition) is 1. The average Bonchev–Trinajstić information content (AvgIpc) is 2.09. The van der Waals surface area contributed by atoms with Gasteiger partial charge in [0, 0.05) is 18.6 Å². The van der Waals surface area contributed by atoms with E-state index in [4.69, 9.17) is 0 Å². The van der Waals surface area contributed by atoms with Crippen LogP contribution in [0.2, 0.25) is 0 Å². The summed E-state index contributed by atoms with van der Waals surface area (Å²) in [4.78, 5) is 2.62. The first-order valence-corrected chi connectivity index (χ1v) is 5.71. The highest BCUT2D eigenvalue weighted by Crippen LogP contribution is 2.16. The van der Waals surface area contributed by atoms with E-state index >= 15 is 0 Å². The molecule has 1 fully saturated rings. The Morgan fingerprint density at radius 1 is 1.46 bits per heavy atom. The van der Waals surface area contributed by atoms with Gasteiger partial charge >= 0.3 is 0 Å². The van der Waals surface area contributed by atoms with Crippen molar-refractivity contribution in [2.24, 2.45) is 0 Å². The fourth-order valence-corrected chi connectivity index (χ4v) is 2.19. The van der Waals surface area contributed by atoms with Crippen LogP contribution in [0, 0.1) is 0 Å². The van der Waals surface area contributed by atoms with Gasteiger partial charge in [-0.3, -0.25) is 4.90 Å². The van der Waals surface area contributed by atoms with Crippen LogP contribution in [0.25, 0.3) is 0 Å². The van der Waals surface area contributed by atoms with E-state index < -0.39 is 0 Å². The van der Waals surface area contributed by atoms with Crippen molar-refractivity contribution >= 4 is 0 Å². The quantitative estimate of drug-likeness (QED) is 0.717. The minimum atomic E-state index is 0.644. The van der Waals surface area contributed by atoms with E-state index in [0.717, 1.165) is 12.6 Å². The summed E-state index contributed by atoms with van der Waals surface area (Å²) >= 11 is 0. The van der Waals surface area contributed by atoms with Crippen LogP contribution in [0.3, 0.4) is 0 Å². The van der Waals surface area contributed by atoms with Gasteiger partial charge in [-0.2, -0.15) is 0 Å². The Bertz CT molecular complexity index is 136. The van der Waals surface area contributed by atoms with Crippen molar-refractivity contribution in [3.05, 3.63) is 0 Å². The van der Waals surface area contributed by atoms with Crippen LogP contribution in [-0.2, 0) is 0 Å². The molecule has 0 aromatic carbocycles. The van der Waals surface area contributed by atoms with Crippen molar-refractivity contribution in [2.75, 3.05) is 19.6 Å². The SMILES string of the molecule is CCNC(C)CN1CCCCC1C. The Morgan fingerprint density at radius 3 is 2.85 bits per heavy atom. The summed E-state index contributed by atoms with van der Waals surface area (Å²) in [6.07, 6.45) is 4.20. The van der Waals surface area contributed by atoms with Crippen LogP contribution in [-0.4, -0.2) is 36.6 Å². The fraction of sp³-hybridized carbons (Fsp3) is 1.00. The highest BCUT2D eigenvalue weighted by Gasteiger charge is 2.19. The van der Waals surface area contributed by atoms with Gasteiger partial charge in [-0.05, 0) is 39.8 Å². The van der Waals surface area contributed by atoms with Crippen molar-refractivity contribution in [1.29, 1.82) is 0 Å². The monoisotopic (exact) mass is 184 g/mol. The molecule has 1 saturated heterocycles. The zero-order valence-electron chi connectivity index (χ0n) is 9.34. The first-order valence-electron chi connectivity index (χ1n) is 5.71. The molecular formula is C11H24N2. The van der Waals surface area contributed by atoms with E-state index in [1.807, 2.05) is 0 Å². The van der Waals surface area contributed by atoms with Crippen LogP contribution in [0.5, 0.6) is 0 Å². The molecule has 1 rings (SSSR count). The predicted octanol–water partition coefficient (Wildman–Crippen LogP) is 1.86. The molecule has 0 aromatic rings. The highest BCUT2D eigenvalue weighted by atomic mass is 15.2. The zero-order chi connectivity index (χ0) is 9.68. The van der Waals surface area contributed by atoms with Crippen LogP contribution < -0.4 is 5.32 Å².